The molecule has 2 aromatic carbocycles. The minimum absolute atomic E-state index is 0.0293. The molecule has 33 heavy (non-hydrogen) atoms. The van der Waals surface area contributed by atoms with Crippen LogP contribution < -0.4 is 4.72 Å². The van der Waals surface area contributed by atoms with Gasteiger partial charge in [0.15, 0.2) is 0 Å². The smallest absolute Gasteiger partial charge is 0.325 e. The summed E-state index contributed by atoms with van der Waals surface area (Å²) >= 11 is 7.12. The predicted molar refractivity (Wildman–Crippen MR) is 128 cm³/mol. The van der Waals surface area contributed by atoms with Crippen molar-refractivity contribution in [3.8, 4) is 0 Å². The van der Waals surface area contributed by atoms with Crippen LogP contribution in [0.5, 0.6) is 0 Å². The van der Waals surface area contributed by atoms with E-state index in [2.05, 4.69) is 4.72 Å². The zero-order valence-electron chi connectivity index (χ0n) is 17.6. The Morgan fingerprint density at radius 1 is 1.18 bits per heavy atom. The van der Waals surface area contributed by atoms with E-state index in [1.807, 2.05) is 18.2 Å². The number of allylic oxidation sites excluding steroid dienone is 1. The molecule has 1 fully saturated rings. The number of halogens is 1. The molecule has 176 valence electrons. The molecule has 7 nitrogen and oxygen atoms in total. The molecule has 0 radical (unpaired) electrons. The number of hydrogen-bond acceptors (Lipinski definition) is 6. The summed E-state index contributed by atoms with van der Waals surface area (Å²) in [6.45, 7) is -0.211. The van der Waals surface area contributed by atoms with Crippen LogP contribution in [0.25, 0.3) is 4.91 Å². The summed E-state index contributed by atoms with van der Waals surface area (Å²) in [5.74, 6) is -1.25. The number of aliphatic carboxylic acids is 1. The quantitative estimate of drug-likeness (QED) is 0.421. The number of hydrogen-bond donors (Lipinski definition) is 3. The maximum Gasteiger partial charge on any atom is 0.325 e. The molecular formula is C23H24ClNO6S2. The Labute approximate surface area is 201 Å². The van der Waals surface area contributed by atoms with Crippen molar-refractivity contribution in [3.63, 3.8) is 0 Å². The number of carboxylic acid groups (broad SMARTS) is 1. The zero-order chi connectivity index (χ0) is 23.7. The van der Waals surface area contributed by atoms with Crippen LogP contribution in [-0.2, 0) is 25.0 Å². The lowest BCUT2D eigenvalue weighted by molar-refractivity contribution is -0.141. The van der Waals surface area contributed by atoms with Gasteiger partial charge in [0.2, 0.25) is 10.0 Å². The summed E-state index contributed by atoms with van der Waals surface area (Å²) < 4.78 is 33.9. The summed E-state index contributed by atoms with van der Waals surface area (Å²) in [5, 5.41) is 19.8. The second kappa shape index (κ2) is 9.40. The molecule has 0 saturated heterocycles. The van der Waals surface area contributed by atoms with E-state index in [0.717, 1.165) is 10.5 Å². The lowest BCUT2D eigenvalue weighted by atomic mass is 9.91. The number of benzene rings is 2. The lowest BCUT2D eigenvalue weighted by Gasteiger charge is -2.25. The van der Waals surface area contributed by atoms with Gasteiger partial charge in [0.1, 0.15) is 10.1 Å². The Kier molecular flexibility index (Phi) is 6.91. The monoisotopic (exact) mass is 509 g/mol. The number of ether oxygens (including phenoxy) is 1. The second-order valence-electron chi connectivity index (χ2n) is 8.12. The molecular weight excluding hydrogens is 486 g/mol. The van der Waals surface area contributed by atoms with Crippen molar-refractivity contribution >= 4 is 44.3 Å². The van der Waals surface area contributed by atoms with Gasteiger partial charge in [0.25, 0.3) is 0 Å². The molecule has 3 N–H and O–H groups in total. The number of rotatable bonds is 10. The molecule has 0 aromatic heterocycles. The summed E-state index contributed by atoms with van der Waals surface area (Å²) in [6, 6.07) is 16.0. The second-order valence-corrected chi connectivity index (χ2v) is 12.0. The Morgan fingerprint density at radius 3 is 2.52 bits per heavy atom. The Hall–Kier alpha value is -1.88. The van der Waals surface area contributed by atoms with Crippen molar-refractivity contribution in [1.29, 1.82) is 0 Å². The van der Waals surface area contributed by atoms with Crippen LogP contribution in [0.3, 0.4) is 0 Å². The summed E-state index contributed by atoms with van der Waals surface area (Å²) in [4.78, 5) is 13.3. The number of carboxylic acids is 1. The first-order chi connectivity index (χ1) is 15.7. The molecule has 0 spiro atoms. The summed E-state index contributed by atoms with van der Waals surface area (Å²) in [6.07, 6.45) is 2.15. The third-order valence-electron chi connectivity index (χ3n) is 6.08. The van der Waals surface area contributed by atoms with E-state index < -0.39 is 31.5 Å². The third kappa shape index (κ3) is 4.58. The van der Waals surface area contributed by atoms with Crippen LogP contribution in [-0.4, -0.2) is 54.5 Å². The molecule has 4 rings (SSSR count). The largest absolute Gasteiger partial charge is 0.480 e. The van der Waals surface area contributed by atoms with Crippen LogP contribution in [0.15, 0.2) is 60.7 Å². The topological polar surface area (TPSA) is 113 Å². The van der Waals surface area contributed by atoms with E-state index in [9.17, 15) is 18.3 Å². The lowest BCUT2D eigenvalue weighted by Crippen LogP contribution is -2.51. The van der Waals surface area contributed by atoms with E-state index in [-0.39, 0.29) is 32.7 Å². The Morgan fingerprint density at radius 2 is 1.88 bits per heavy atom. The average molecular weight is 510 g/mol. The molecule has 3 atom stereocenters. The highest BCUT2D eigenvalue weighted by Gasteiger charge is 2.75. The minimum atomic E-state index is -4.01. The number of sulfonamides is 1. The highest BCUT2D eigenvalue weighted by atomic mass is 35.5. The molecule has 0 amide bonds. The maximum absolute atomic E-state index is 13.3. The number of aliphatic hydroxyl groups excluding tert-OH is 1. The van der Waals surface area contributed by atoms with Crippen LogP contribution in [0.2, 0.25) is 5.02 Å². The van der Waals surface area contributed by atoms with Crippen LogP contribution in [0.1, 0.15) is 24.0 Å². The first kappa shape index (κ1) is 24.3. The first-order valence-electron chi connectivity index (χ1n) is 10.4. The number of aliphatic hydroxyl groups is 1. The molecule has 3 unspecified atom stereocenters. The van der Waals surface area contributed by atoms with E-state index in [0.29, 0.717) is 10.6 Å². The summed E-state index contributed by atoms with van der Waals surface area (Å²) in [7, 11) is -4.01. The van der Waals surface area contributed by atoms with Crippen molar-refractivity contribution in [2.75, 3.05) is 19.8 Å². The molecule has 10 heteroatoms. The van der Waals surface area contributed by atoms with E-state index in [1.54, 1.807) is 42.5 Å². The van der Waals surface area contributed by atoms with Gasteiger partial charge in [-0.05, 0) is 36.1 Å². The van der Waals surface area contributed by atoms with Gasteiger partial charge in [-0.1, -0.05) is 60.1 Å². The van der Waals surface area contributed by atoms with Crippen molar-refractivity contribution in [2.24, 2.45) is 0 Å². The fourth-order valence-electron chi connectivity index (χ4n) is 4.28. The van der Waals surface area contributed by atoms with Crippen molar-refractivity contribution in [1.82, 2.24) is 4.72 Å². The van der Waals surface area contributed by atoms with Gasteiger partial charge in [-0.3, -0.25) is 4.79 Å². The SMILES string of the molecule is O=C(O)C1(NS(=O)(=O)C2CC=C(c3ccc(Cl)cc3)S2)CC1(COCCO)c1ccccc1. The van der Waals surface area contributed by atoms with Crippen LogP contribution in [0, 0.1) is 0 Å². The van der Waals surface area contributed by atoms with Crippen LogP contribution >= 0.6 is 23.4 Å². The Bertz CT molecular complexity index is 1160. The van der Waals surface area contributed by atoms with E-state index in [1.165, 1.54) is 11.8 Å². The minimum Gasteiger partial charge on any atom is -0.480 e. The van der Waals surface area contributed by atoms with Gasteiger partial charge in [-0.15, -0.1) is 11.8 Å². The molecule has 1 heterocycles. The van der Waals surface area contributed by atoms with Gasteiger partial charge in [0, 0.05) is 9.93 Å². The average Bonchev–Trinajstić information content (AvgIpc) is 3.17. The summed E-state index contributed by atoms with van der Waals surface area (Å²) in [5.41, 5.74) is -1.27. The first-order valence-corrected chi connectivity index (χ1v) is 13.2. The number of nitrogens with one attached hydrogen (secondary N) is 1. The van der Waals surface area contributed by atoms with Gasteiger partial charge >= 0.3 is 5.97 Å². The fraction of sp³-hybridized carbons (Fsp3) is 0.348. The molecule has 1 aliphatic heterocycles. The van der Waals surface area contributed by atoms with Crippen molar-refractivity contribution in [3.05, 3.63) is 76.8 Å². The molecule has 1 aliphatic carbocycles. The van der Waals surface area contributed by atoms with Gasteiger partial charge in [-0.25, -0.2) is 8.42 Å². The highest BCUT2D eigenvalue weighted by Crippen LogP contribution is 2.59. The zero-order valence-corrected chi connectivity index (χ0v) is 20.0. The fourth-order valence-corrected chi connectivity index (χ4v) is 7.63. The van der Waals surface area contributed by atoms with Gasteiger partial charge in [-0.2, -0.15) is 4.72 Å². The van der Waals surface area contributed by atoms with Crippen molar-refractivity contribution < 1.29 is 28.2 Å². The predicted octanol–water partition coefficient (Wildman–Crippen LogP) is 3.24. The number of carbonyl (C=O) groups is 1. The molecule has 2 aromatic rings. The van der Waals surface area contributed by atoms with E-state index >= 15 is 0 Å². The van der Waals surface area contributed by atoms with Gasteiger partial charge < -0.3 is 14.9 Å². The maximum atomic E-state index is 13.3. The van der Waals surface area contributed by atoms with Crippen molar-refractivity contribution in [2.45, 2.75) is 28.4 Å². The number of thioether (sulfide) groups is 1. The molecule has 0 bridgehead atoms. The van der Waals surface area contributed by atoms with Gasteiger partial charge in [0.05, 0.1) is 25.2 Å². The molecule has 1 saturated carbocycles. The third-order valence-corrected chi connectivity index (χ3v) is 10.0. The highest BCUT2D eigenvalue weighted by molar-refractivity contribution is 8.18. The standard InChI is InChI=1S/C23H24ClNO6S2/c24-18-8-6-16(7-9-18)19-10-11-20(32-19)33(29,30)25-23(21(27)28)14-22(23,15-31-13-12-26)17-4-2-1-3-5-17/h1-10,20,25-26H,11-15H2,(H,27,28). The Balaban J connectivity index is 1.57. The molecule has 2 aliphatic rings. The van der Waals surface area contributed by atoms with E-state index in [4.69, 9.17) is 21.4 Å². The normalized spacial score (nSPS) is 26.7. The van der Waals surface area contributed by atoms with Crippen LogP contribution in [0.4, 0.5) is 0 Å².